The summed E-state index contributed by atoms with van der Waals surface area (Å²) < 4.78 is 62.9. The fraction of sp³-hybridized carbons (Fsp3) is 0.182. The van der Waals surface area contributed by atoms with Crippen molar-refractivity contribution in [2.45, 2.75) is 12.1 Å². The van der Waals surface area contributed by atoms with Gasteiger partial charge in [0.15, 0.2) is 5.82 Å². The zero-order chi connectivity index (χ0) is 15.1. The van der Waals surface area contributed by atoms with Crippen molar-refractivity contribution in [3.8, 4) is 12.1 Å². The molecule has 0 bridgehead atoms. The maximum absolute atomic E-state index is 13.1. The summed E-state index contributed by atoms with van der Waals surface area (Å²) in [6, 6.07) is 5.24. The molecule has 0 spiro atoms. The van der Waals surface area contributed by atoms with E-state index < -0.39 is 17.9 Å². The van der Waals surface area contributed by atoms with E-state index in [-0.39, 0.29) is 42.4 Å². The summed E-state index contributed by atoms with van der Waals surface area (Å²) in [6.45, 7) is 0. The standard InChI is InChI=1S/C11H3F5N4.Li.H/c12-10(13,11(14,15)16)9-19-7-1-5(3-17)6(4-18)2-8(7)20-9;;/h1-2H,(H,19,20);;/q;+1;-1. The van der Waals surface area contributed by atoms with Gasteiger partial charge in [0.05, 0.1) is 22.2 Å². The van der Waals surface area contributed by atoms with Crippen LogP contribution in [-0.2, 0) is 5.92 Å². The van der Waals surface area contributed by atoms with Crippen molar-refractivity contribution in [1.82, 2.24) is 9.97 Å². The van der Waals surface area contributed by atoms with E-state index in [4.69, 9.17) is 10.5 Å². The second-order valence-electron chi connectivity index (χ2n) is 3.80. The number of H-pyrrole nitrogens is 1. The first-order valence-electron chi connectivity index (χ1n) is 4.99. The first-order valence-corrected chi connectivity index (χ1v) is 4.99. The van der Waals surface area contributed by atoms with Crippen molar-refractivity contribution < 1.29 is 42.2 Å². The topological polar surface area (TPSA) is 76.3 Å². The summed E-state index contributed by atoms with van der Waals surface area (Å²) in [5.74, 6) is -6.73. The first kappa shape index (κ1) is 17.0. The number of halogens is 5. The van der Waals surface area contributed by atoms with E-state index in [0.29, 0.717) is 0 Å². The molecule has 0 saturated carbocycles. The minimum Gasteiger partial charge on any atom is -1.00 e. The van der Waals surface area contributed by atoms with Crippen LogP contribution < -0.4 is 18.9 Å². The molecule has 0 aliphatic carbocycles. The molecule has 2 aromatic rings. The Bertz CT molecular complexity index is 721. The Kier molecular flexibility index (Phi) is 4.34. The van der Waals surface area contributed by atoms with Crippen LogP contribution in [0.5, 0.6) is 0 Å². The summed E-state index contributed by atoms with van der Waals surface area (Å²) in [4.78, 5) is 4.98. The zero-order valence-electron chi connectivity index (χ0n) is 11.4. The Balaban J connectivity index is 0.00000220. The van der Waals surface area contributed by atoms with Crippen molar-refractivity contribution in [2.24, 2.45) is 0 Å². The van der Waals surface area contributed by atoms with Crippen LogP contribution in [0.2, 0.25) is 0 Å². The number of nitrogens with one attached hydrogen (secondary N) is 1. The predicted molar refractivity (Wildman–Crippen MR) is 56.6 cm³/mol. The van der Waals surface area contributed by atoms with Crippen LogP contribution >= 0.6 is 0 Å². The summed E-state index contributed by atoms with van der Waals surface area (Å²) >= 11 is 0. The largest absolute Gasteiger partial charge is 1.00 e. The molecule has 21 heavy (non-hydrogen) atoms. The van der Waals surface area contributed by atoms with Gasteiger partial charge in [0, 0.05) is 0 Å². The van der Waals surface area contributed by atoms with Gasteiger partial charge in [-0.2, -0.15) is 32.5 Å². The molecular formula is C11H4F5LiN4. The Morgan fingerprint density at radius 1 is 1.05 bits per heavy atom. The van der Waals surface area contributed by atoms with Crippen LogP contribution in [0, 0.1) is 22.7 Å². The fourth-order valence-corrected chi connectivity index (χ4v) is 1.52. The molecule has 0 atom stereocenters. The molecule has 1 aromatic heterocycles. The molecule has 0 aliphatic rings. The van der Waals surface area contributed by atoms with E-state index in [1.165, 1.54) is 0 Å². The fourth-order valence-electron chi connectivity index (χ4n) is 1.52. The molecule has 1 N–H and O–H groups in total. The molecule has 10 heteroatoms. The number of imidazole rings is 1. The molecule has 4 nitrogen and oxygen atoms in total. The maximum Gasteiger partial charge on any atom is 1.00 e. The van der Waals surface area contributed by atoms with Gasteiger partial charge < -0.3 is 6.41 Å². The third-order valence-electron chi connectivity index (χ3n) is 2.52. The molecule has 0 fully saturated rings. The van der Waals surface area contributed by atoms with Crippen molar-refractivity contribution in [3.63, 3.8) is 0 Å². The van der Waals surface area contributed by atoms with Crippen LogP contribution in [0.15, 0.2) is 12.1 Å². The summed E-state index contributed by atoms with van der Waals surface area (Å²) in [5.41, 5.74) is -0.738. The van der Waals surface area contributed by atoms with Gasteiger partial charge in [0.2, 0.25) is 0 Å². The average molecular weight is 294 g/mol. The zero-order valence-corrected chi connectivity index (χ0v) is 10.4. The number of nitriles is 2. The Morgan fingerprint density at radius 3 is 2.05 bits per heavy atom. The van der Waals surface area contributed by atoms with Crippen molar-refractivity contribution >= 4 is 11.0 Å². The summed E-state index contributed by atoms with van der Waals surface area (Å²) in [7, 11) is 0. The molecule has 1 heterocycles. The van der Waals surface area contributed by atoms with Gasteiger partial charge in [-0.05, 0) is 12.1 Å². The molecule has 0 radical (unpaired) electrons. The number of hydrogen-bond donors (Lipinski definition) is 1. The van der Waals surface area contributed by atoms with E-state index in [0.717, 1.165) is 12.1 Å². The van der Waals surface area contributed by atoms with Crippen molar-refractivity contribution in [1.29, 1.82) is 10.5 Å². The number of rotatable bonds is 1. The van der Waals surface area contributed by atoms with Crippen molar-refractivity contribution in [3.05, 3.63) is 29.1 Å². The molecule has 104 valence electrons. The number of benzene rings is 1. The molecule has 0 aliphatic heterocycles. The molecule has 0 amide bonds. The quantitative estimate of drug-likeness (QED) is 0.597. The van der Waals surface area contributed by atoms with Crippen molar-refractivity contribution in [2.75, 3.05) is 0 Å². The number of nitrogens with zero attached hydrogens (tertiary/aromatic N) is 3. The number of fused-ring (bicyclic) bond motifs is 1. The average Bonchev–Trinajstić information content (AvgIpc) is 2.78. The van der Waals surface area contributed by atoms with Crippen LogP contribution in [0.25, 0.3) is 11.0 Å². The smallest absolute Gasteiger partial charge is 1.00 e. The van der Waals surface area contributed by atoms with Crippen LogP contribution in [0.1, 0.15) is 18.4 Å². The Morgan fingerprint density at radius 2 is 1.57 bits per heavy atom. The number of alkyl halides is 5. The van der Waals surface area contributed by atoms with Gasteiger partial charge in [-0.25, -0.2) is 4.98 Å². The van der Waals surface area contributed by atoms with Gasteiger partial charge in [-0.15, -0.1) is 0 Å². The maximum atomic E-state index is 13.1. The normalized spacial score (nSPS) is 11.6. The third-order valence-corrected chi connectivity index (χ3v) is 2.52. The van der Waals surface area contributed by atoms with Crippen LogP contribution in [0.4, 0.5) is 22.0 Å². The van der Waals surface area contributed by atoms with E-state index in [2.05, 4.69) is 4.98 Å². The SMILES string of the molecule is N#Cc1cc2nc(C(F)(F)C(F)(F)F)[nH]c2cc1C#N.[H-].[Li+]. The van der Waals surface area contributed by atoms with Crippen LogP contribution in [0.3, 0.4) is 0 Å². The summed E-state index contributed by atoms with van der Waals surface area (Å²) in [6.07, 6.45) is -5.79. The Hall–Kier alpha value is -2.08. The number of hydrogen-bond acceptors (Lipinski definition) is 3. The molecule has 0 saturated heterocycles. The minimum atomic E-state index is -5.79. The second-order valence-corrected chi connectivity index (χ2v) is 3.80. The van der Waals surface area contributed by atoms with E-state index in [1.54, 1.807) is 12.1 Å². The van der Waals surface area contributed by atoms with Gasteiger partial charge in [-0.3, -0.25) is 0 Å². The molecular weight excluding hydrogens is 290 g/mol. The molecule has 0 unspecified atom stereocenters. The Labute approximate surface area is 127 Å². The van der Waals surface area contributed by atoms with Gasteiger partial charge in [0.1, 0.15) is 12.1 Å². The van der Waals surface area contributed by atoms with Crippen LogP contribution in [-0.4, -0.2) is 16.1 Å². The predicted octanol–water partition coefficient (Wildman–Crippen LogP) is 0.0769. The van der Waals surface area contributed by atoms with Gasteiger partial charge >= 0.3 is 31.0 Å². The van der Waals surface area contributed by atoms with E-state index in [9.17, 15) is 22.0 Å². The molecule has 1 aromatic carbocycles. The summed E-state index contributed by atoms with van der Waals surface area (Å²) in [5, 5.41) is 17.5. The van der Waals surface area contributed by atoms with E-state index in [1.807, 2.05) is 4.98 Å². The van der Waals surface area contributed by atoms with Gasteiger partial charge in [0.25, 0.3) is 0 Å². The monoisotopic (exact) mass is 294 g/mol. The number of aromatic amines is 1. The second kappa shape index (κ2) is 5.36. The minimum absolute atomic E-state index is 0. The van der Waals surface area contributed by atoms with E-state index >= 15 is 0 Å². The number of aromatic nitrogens is 2. The third kappa shape index (κ3) is 2.71. The molecule has 2 rings (SSSR count). The first-order chi connectivity index (χ1) is 9.20. The van der Waals surface area contributed by atoms with Gasteiger partial charge in [-0.1, -0.05) is 0 Å².